The molecular weight excluding hydrogens is 384 g/mol. The van der Waals surface area contributed by atoms with Crippen molar-refractivity contribution in [1.29, 1.82) is 0 Å². The molecule has 2 bridgehead atoms. The van der Waals surface area contributed by atoms with Crippen LogP contribution < -0.4 is 10.2 Å². The van der Waals surface area contributed by atoms with E-state index in [1.165, 1.54) is 23.1 Å². The molecule has 2 N–H and O–H groups in total. The Balaban J connectivity index is 1.39. The van der Waals surface area contributed by atoms with E-state index in [1.807, 2.05) is 0 Å². The topological polar surface area (TPSA) is 104 Å². The Kier molecular flexibility index (Phi) is 4.20. The number of hydrogen-bond acceptors (Lipinski definition) is 4. The lowest BCUT2D eigenvalue weighted by Gasteiger charge is -2.19. The summed E-state index contributed by atoms with van der Waals surface area (Å²) in [5, 5.41) is 11.8. The summed E-state index contributed by atoms with van der Waals surface area (Å²) in [6.07, 6.45) is 2.99. The van der Waals surface area contributed by atoms with Gasteiger partial charge in [0.05, 0.1) is 23.1 Å². The molecule has 2 saturated carbocycles. The first-order chi connectivity index (χ1) is 14.4. The minimum Gasteiger partial charge on any atom is -0.478 e. The van der Waals surface area contributed by atoms with Crippen LogP contribution in [-0.4, -0.2) is 28.8 Å². The lowest BCUT2D eigenvalue weighted by atomic mass is 9.81. The van der Waals surface area contributed by atoms with Crippen molar-refractivity contribution in [3.05, 3.63) is 59.7 Å². The maximum atomic E-state index is 13.0. The average molecular weight is 404 g/mol. The average Bonchev–Trinajstić information content (AvgIpc) is 3.42. The molecular formula is C23H20N2O5. The zero-order valence-electron chi connectivity index (χ0n) is 16.1. The molecule has 3 aliphatic rings. The van der Waals surface area contributed by atoms with Gasteiger partial charge in [0, 0.05) is 11.3 Å². The van der Waals surface area contributed by atoms with E-state index in [9.17, 15) is 19.2 Å². The minimum atomic E-state index is -1.08. The van der Waals surface area contributed by atoms with Crippen LogP contribution in [-0.2, 0) is 9.59 Å². The number of hydrogen-bond donors (Lipinski definition) is 2. The second-order valence-electron chi connectivity index (χ2n) is 8.29. The predicted octanol–water partition coefficient (Wildman–Crippen LogP) is 3.17. The van der Waals surface area contributed by atoms with Crippen LogP contribution in [0.5, 0.6) is 0 Å². The molecule has 0 spiro atoms. The Morgan fingerprint density at radius 1 is 0.900 bits per heavy atom. The lowest BCUT2D eigenvalue weighted by molar-refractivity contribution is -0.123. The zero-order valence-corrected chi connectivity index (χ0v) is 16.1. The normalized spacial score (nSPS) is 26.7. The summed E-state index contributed by atoms with van der Waals surface area (Å²) < 4.78 is 0. The number of anilines is 2. The first-order valence-electron chi connectivity index (χ1n) is 10.1. The Morgan fingerprint density at radius 3 is 2.20 bits per heavy atom. The van der Waals surface area contributed by atoms with Crippen LogP contribution in [0.25, 0.3) is 0 Å². The van der Waals surface area contributed by atoms with E-state index in [1.54, 1.807) is 30.3 Å². The lowest BCUT2D eigenvalue weighted by Crippen LogP contribution is -2.33. The van der Waals surface area contributed by atoms with Crippen molar-refractivity contribution in [3.8, 4) is 0 Å². The summed E-state index contributed by atoms with van der Waals surface area (Å²) in [5.74, 6) is -1.66. The van der Waals surface area contributed by atoms with Crippen LogP contribution in [0.15, 0.2) is 48.5 Å². The van der Waals surface area contributed by atoms with E-state index in [-0.39, 0.29) is 34.8 Å². The van der Waals surface area contributed by atoms with Crippen molar-refractivity contribution in [1.82, 2.24) is 0 Å². The molecule has 2 aromatic rings. The molecule has 0 radical (unpaired) electrons. The van der Waals surface area contributed by atoms with Gasteiger partial charge in [-0.1, -0.05) is 12.1 Å². The molecule has 30 heavy (non-hydrogen) atoms. The molecule has 2 aliphatic carbocycles. The van der Waals surface area contributed by atoms with E-state index >= 15 is 0 Å². The highest BCUT2D eigenvalue weighted by Gasteiger charge is 2.61. The number of rotatable bonds is 4. The SMILES string of the molecule is O=C(O)c1cccc(NC(=O)c2cccc(N3C(=O)[C@H]4[C@@H]5CC[C@@H](C5)[C@@H]4C3=O)c2)c1. The summed E-state index contributed by atoms with van der Waals surface area (Å²) >= 11 is 0. The third-order valence-electron chi connectivity index (χ3n) is 6.66. The van der Waals surface area contributed by atoms with Crippen molar-refractivity contribution < 1.29 is 24.3 Å². The van der Waals surface area contributed by atoms with Crippen LogP contribution in [0.3, 0.4) is 0 Å². The molecule has 5 rings (SSSR count). The molecule has 7 nitrogen and oxygen atoms in total. The molecule has 152 valence electrons. The van der Waals surface area contributed by atoms with Gasteiger partial charge in [-0.05, 0) is 67.5 Å². The number of amides is 3. The first-order valence-corrected chi connectivity index (χ1v) is 10.1. The number of carboxylic acid groups (broad SMARTS) is 1. The third-order valence-corrected chi connectivity index (χ3v) is 6.66. The fourth-order valence-corrected chi connectivity index (χ4v) is 5.38. The Morgan fingerprint density at radius 2 is 1.53 bits per heavy atom. The molecule has 1 saturated heterocycles. The standard InChI is InChI=1S/C23H20N2O5/c26-20(24-16-5-1-4-15(10-16)23(29)30)14-3-2-6-17(11-14)25-21(27)18-12-7-8-13(9-12)19(18)22(25)28/h1-6,10-13,18-19H,7-9H2,(H,24,26)(H,29,30)/t12-,13+,18-,19-/m0/s1. The van der Waals surface area contributed by atoms with E-state index in [0.717, 1.165) is 19.3 Å². The maximum absolute atomic E-state index is 13.0. The number of benzene rings is 2. The van der Waals surface area contributed by atoms with Gasteiger partial charge in [-0.15, -0.1) is 0 Å². The van der Waals surface area contributed by atoms with Gasteiger partial charge in [-0.25, -0.2) is 4.79 Å². The molecule has 3 amide bonds. The summed E-state index contributed by atoms with van der Waals surface area (Å²) in [5.41, 5.74) is 1.11. The molecule has 1 aliphatic heterocycles. The number of fused-ring (bicyclic) bond motifs is 5. The van der Waals surface area contributed by atoms with Crippen molar-refractivity contribution in [2.24, 2.45) is 23.7 Å². The maximum Gasteiger partial charge on any atom is 0.335 e. The number of aromatic carboxylic acids is 1. The van der Waals surface area contributed by atoms with Gasteiger partial charge in [0.25, 0.3) is 5.91 Å². The third kappa shape index (κ3) is 2.81. The van der Waals surface area contributed by atoms with Gasteiger partial charge < -0.3 is 10.4 Å². The van der Waals surface area contributed by atoms with Crippen molar-refractivity contribution in [3.63, 3.8) is 0 Å². The fourth-order valence-electron chi connectivity index (χ4n) is 5.38. The molecule has 7 heteroatoms. The number of nitrogens with one attached hydrogen (secondary N) is 1. The molecule has 3 fully saturated rings. The Bertz CT molecular complexity index is 1070. The number of carbonyl (C=O) groups is 4. The van der Waals surface area contributed by atoms with E-state index < -0.39 is 11.9 Å². The molecule has 2 aromatic carbocycles. The minimum absolute atomic E-state index is 0.0657. The Labute approximate surface area is 172 Å². The first kappa shape index (κ1) is 18.5. The predicted molar refractivity (Wildman–Crippen MR) is 108 cm³/mol. The van der Waals surface area contributed by atoms with Gasteiger partial charge in [-0.3, -0.25) is 19.3 Å². The number of imide groups is 1. The van der Waals surface area contributed by atoms with Crippen LogP contribution in [0, 0.1) is 23.7 Å². The highest BCUT2D eigenvalue weighted by Crippen LogP contribution is 2.56. The summed E-state index contributed by atoms with van der Waals surface area (Å²) in [6.45, 7) is 0. The van der Waals surface area contributed by atoms with Gasteiger partial charge >= 0.3 is 5.97 Å². The summed E-state index contributed by atoms with van der Waals surface area (Å²) in [4.78, 5) is 51.1. The smallest absolute Gasteiger partial charge is 0.335 e. The highest BCUT2D eigenvalue weighted by atomic mass is 16.4. The van der Waals surface area contributed by atoms with Gasteiger partial charge in [0.15, 0.2) is 0 Å². The van der Waals surface area contributed by atoms with Crippen molar-refractivity contribution >= 4 is 35.1 Å². The summed E-state index contributed by atoms with van der Waals surface area (Å²) in [7, 11) is 0. The molecule has 4 atom stereocenters. The number of carboxylic acids is 1. The molecule has 0 unspecified atom stereocenters. The quantitative estimate of drug-likeness (QED) is 0.762. The second kappa shape index (κ2) is 6.79. The van der Waals surface area contributed by atoms with Gasteiger partial charge in [-0.2, -0.15) is 0 Å². The largest absolute Gasteiger partial charge is 0.478 e. The number of carbonyl (C=O) groups excluding carboxylic acids is 3. The van der Waals surface area contributed by atoms with Crippen molar-refractivity contribution in [2.75, 3.05) is 10.2 Å². The second-order valence-corrected chi connectivity index (χ2v) is 8.29. The van der Waals surface area contributed by atoms with Crippen molar-refractivity contribution in [2.45, 2.75) is 19.3 Å². The Hall–Kier alpha value is -3.48. The fraction of sp³-hybridized carbons (Fsp3) is 0.304. The number of nitrogens with zero attached hydrogens (tertiary/aromatic N) is 1. The van der Waals surface area contributed by atoms with E-state index in [4.69, 9.17) is 5.11 Å². The van der Waals surface area contributed by atoms with Crippen LogP contribution in [0.4, 0.5) is 11.4 Å². The molecule has 0 aromatic heterocycles. The monoisotopic (exact) mass is 404 g/mol. The van der Waals surface area contributed by atoms with Crippen LogP contribution in [0.2, 0.25) is 0 Å². The molecule has 1 heterocycles. The summed E-state index contributed by atoms with van der Waals surface area (Å²) in [6, 6.07) is 12.4. The highest BCUT2D eigenvalue weighted by molar-refractivity contribution is 6.23. The van der Waals surface area contributed by atoms with Crippen LogP contribution >= 0.6 is 0 Å². The van der Waals surface area contributed by atoms with E-state index in [0.29, 0.717) is 23.2 Å². The van der Waals surface area contributed by atoms with E-state index in [2.05, 4.69) is 5.32 Å². The van der Waals surface area contributed by atoms with Gasteiger partial charge in [0.1, 0.15) is 0 Å². The van der Waals surface area contributed by atoms with Gasteiger partial charge in [0.2, 0.25) is 11.8 Å². The zero-order chi connectivity index (χ0) is 21.0. The van der Waals surface area contributed by atoms with Crippen LogP contribution in [0.1, 0.15) is 40.0 Å².